The van der Waals surface area contributed by atoms with Crippen molar-refractivity contribution in [3.63, 3.8) is 0 Å². The van der Waals surface area contributed by atoms with Gasteiger partial charge in [-0.2, -0.15) is 0 Å². The number of rotatable bonds is 18. The van der Waals surface area contributed by atoms with Crippen molar-refractivity contribution in [2.45, 2.75) is 48.0 Å². The van der Waals surface area contributed by atoms with Crippen molar-refractivity contribution in [3.8, 4) is 34.1 Å². The summed E-state index contributed by atoms with van der Waals surface area (Å²) in [5, 5.41) is 25.8. The molecule has 20 nitrogen and oxygen atoms in total. The summed E-state index contributed by atoms with van der Waals surface area (Å²) < 4.78 is 82.0. The highest BCUT2D eigenvalue weighted by Gasteiger charge is 2.26. The fourth-order valence-corrected chi connectivity index (χ4v) is 10.4. The van der Waals surface area contributed by atoms with Gasteiger partial charge in [-0.1, -0.05) is 69.4 Å². The van der Waals surface area contributed by atoms with E-state index in [1.165, 1.54) is 105 Å². The molecule has 8 rings (SSSR count). The van der Waals surface area contributed by atoms with Crippen LogP contribution in [0.25, 0.3) is 11.1 Å². The summed E-state index contributed by atoms with van der Waals surface area (Å²) in [6.45, 7) is 3.46. The molecule has 0 unspecified atom stereocenters. The standard InChI is InChI=1S/C26H24ClN3O6S.C19H18BrN3O5S.C7H8BClO3/c1-4-26(31)30(25-8-6-22(15-28-25)37(32,33)16-20-9-10-36-29-20)23-13-17(5-7-24(23)35-3)18-11-19(27)14-21(12-18)34-2;1-3-19(24)23(16-10-13(20)4-6-17(16)27-2)18-7-5-15(11-21-18)29(25,26)12-14-8-9-28-22-14;1-12-7-3-5(8(10)11)2-6(9)4-7/h5-15H,4,16H2,1-3H3;4-11H,3,12H2,1-2H3;2-4,10-11H,1H3. The average Bonchev–Trinajstić information content (AvgIpc) is 4.18. The Morgan fingerprint density at radius 2 is 1.06 bits per heavy atom. The summed E-state index contributed by atoms with van der Waals surface area (Å²) >= 11 is 15.3. The highest BCUT2D eigenvalue weighted by Crippen LogP contribution is 2.40. The van der Waals surface area contributed by atoms with Gasteiger partial charge in [0.05, 0.1) is 61.0 Å². The maximum atomic E-state index is 13.1. The van der Waals surface area contributed by atoms with Crippen LogP contribution in [0.15, 0.2) is 157 Å². The molecule has 0 saturated heterocycles. The molecule has 0 atom stereocenters. The van der Waals surface area contributed by atoms with Gasteiger partial charge in [0.15, 0.2) is 19.7 Å². The highest BCUT2D eigenvalue weighted by molar-refractivity contribution is 9.10. The zero-order valence-electron chi connectivity index (χ0n) is 42.5. The molecule has 0 saturated carbocycles. The zero-order valence-corrected chi connectivity index (χ0v) is 47.3. The lowest BCUT2D eigenvalue weighted by molar-refractivity contribution is -0.118. The predicted molar refractivity (Wildman–Crippen MR) is 297 cm³/mol. The molecule has 0 fully saturated rings. The van der Waals surface area contributed by atoms with Crippen LogP contribution in [0.5, 0.6) is 23.0 Å². The lowest BCUT2D eigenvalue weighted by atomic mass is 9.80. The van der Waals surface area contributed by atoms with Gasteiger partial charge >= 0.3 is 7.12 Å². The molecule has 4 heterocycles. The fraction of sp³-hybridized carbons (Fsp3) is 0.192. The van der Waals surface area contributed by atoms with Gasteiger partial charge in [0.25, 0.3) is 0 Å². The molecule has 2 amide bonds. The van der Waals surface area contributed by atoms with Crippen molar-refractivity contribution in [3.05, 3.63) is 160 Å². The van der Waals surface area contributed by atoms with E-state index in [2.05, 4.69) is 40.7 Å². The Kier molecular flexibility index (Phi) is 21.0. The van der Waals surface area contributed by atoms with Crippen molar-refractivity contribution in [1.82, 2.24) is 20.3 Å². The summed E-state index contributed by atoms with van der Waals surface area (Å²) in [5.74, 6) is 1.43. The number of hydrogen-bond donors (Lipinski definition) is 2. The second-order valence-corrected chi connectivity index (χ2v) is 22.0. The smallest absolute Gasteiger partial charge is 0.488 e. The van der Waals surface area contributed by atoms with Crippen LogP contribution < -0.4 is 34.2 Å². The Labute approximate surface area is 468 Å². The Bertz CT molecular complexity index is 3550. The third kappa shape index (κ3) is 15.5. The molecule has 0 radical (unpaired) electrons. The number of hydrogen-bond acceptors (Lipinski definition) is 18. The Morgan fingerprint density at radius 3 is 1.49 bits per heavy atom. The summed E-state index contributed by atoms with van der Waals surface area (Å²) in [5.41, 5.74) is 3.38. The van der Waals surface area contributed by atoms with E-state index in [4.69, 9.17) is 56.7 Å². The number of carbonyl (C=O) groups excluding carboxylic acids is 2. The number of carbonyl (C=O) groups is 2. The van der Waals surface area contributed by atoms with Gasteiger partial charge in [-0.3, -0.25) is 19.4 Å². The van der Waals surface area contributed by atoms with Crippen molar-refractivity contribution >= 4 is 106 Å². The van der Waals surface area contributed by atoms with Crippen LogP contribution in [0.3, 0.4) is 0 Å². The molecular weight excluding hydrogens is 1160 g/mol. The van der Waals surface area contributed by atoms with Gasteiger partial charge in [-0.05, 0) is 108 Å². The number of pyridine rings is 2. The number of sulfone groups is 2. The first kappa shape index (κ1) is 59.9. The van der Waals surface area contributed by atoms with Crippen LogP contribution >= 0.6 is 39.1 Å². The largest absolute Gasteiger partial charge is 0.497 e. The Balaban J connectivity index is 0.000000212. The average molecular weight is 1210 g/mol. The molecular formula is C52H50BBrCl2N6O14S2. The quantitative estimate of drug-likeness (QED) is 0.0758. The van der Waals surface area contributed by atoms with Crippen LogP contribution in [-0.2, 0) is 40.8 Å². The van der Waals surface area contributed by atoms with E-state index >= 15 is 0 Å². The lowest BCUT2D eigenvalue weighted by Crippen LogP contribution is -2.29. The molecule has 26 heteroatoms. The normalized spacial score (nSPS) is 11.0. The number of benzene rings is 4. The van der Waals surface area contributed by atoms with Gasteiger partial charge in [0, 0.05) is 51.9 Å². The maximum Gasteiger partial charge on any atom is 0.488 e. The van der Waals surface area contributed by atoms with Crippen LogP contribution in [0.1, 0.15) is 38.1 Å². The van der Waals surface area contributed by atoms with Gasteiger partial charge in [-0.15, -0.1) is 0 Å². The second-order valence-electron chi connectivity index (χ2n) is 16.2. The molecule has 408 valence electrons. The number of anilines is 4. The van der Waals surface area contributed by atoms with Crippen molar-refractivity contribution in [2.75, 3.05) is 38.2 Å². The van der Waals surface area contributed by atoms with Crippen molar-refractivity contribution < 1.29 is 64.5 Å². The van der Waals surface area contributed by atoms with Gasteiger partial charge < -0.3 is 38.0 Å². The van der Waals surface area contributed by atoms with Crippen LogP contribution in [0, 0.1) is 0 Å². The van der Waals surface area contributed by atoms with E-state index in [0.717, 1.165) is 15.6 Å². The molecule has 4 aromatic carbocycles. The Morgan fingerprint density at radius 1 is 0.590 bits per heavy atom. The summed E-state index contributed by atoms with van der Waals surface area (Å²) in [6.07, 6.45) is 5.47. The number of ether oxygens (including phenoxy) is 4. The maximum absolute atomic E-state index is 13.1. The minimum Gasteiger partial charge on any atom is -0.497 e. The monoisotopic (exact) mass is 1210 g/mol. The number of aromatic nitrogens is 4. The van der Waals surface area contributed by atoms with E-state index in [-0.39, 0.29) is 63.3 Å². The number of halogens is 3. The van der Waals surface area contributed by atoms with Gasteiger partial charge in [-0.25, -0.2) is 26.8 Å². The van der Waals surface area contributed by atoms with E-state index in [0.29, 0.717) is 55.6 Å². The van der Waals surface area contributed by atoms with Crippen molar-refractivity contribution in [1.29, 1.82) is 0 Å². The first-order chi connectivity index (χ1) is 37.2. The van der Waals surface area contributed by atoms with E-state index in [1.807, 2.05) is 12.1 Å². The summed E-state index contributed by atoms with van der Waals surface area (Å²) in [7, 11) is -2.84. The first-order valence-electron chi connectivity index (χ1n) is 23.1. The molecule has 0 aliphatic heterocycles. The van der Waals surface area contributed by atoms with Gasteiger partial charge in [0.1, 0.15) is 58.7 Å². The Hall–Kier alpha value is -7.32. The number of amides is 2. The highest BCUT2D eigenvalue weighted by atomic mass is 79.9. The lowest BCUT2D eigenvalue weighted by Gasteiger charge is -2.24. The molecule has 0 spiro atoms. The third-order valence-electron chi connectivity index (χ3n) is 11.0. The first-order valence-corrected chi connectivity index (χ1v) is 28.0. The molecule has 2 N–H and O–H groups in total. The van der Waals surface area contributed by atoms with E-state index < -0.39 is 26.8 Å². The minimum absolute atomic E-state index is 0.00474. The molecule has 0 bridgehead atoms. The van der Waals surface area contributed by atoms with Crippen molar-refractivity contribution in [2.24, 2.45) is 0 Å². The third-order valence-corrected chi connectivity index (χ3v) is 15.3. The number of methoxy groups -OCH3 is 4. The van der Waals surface area contributed by atoms with Crippen LogP contribution in [0.4, 0.5) is 23.0 Å². The molecule has 0 aliphatic rings. The molecule has 0 aliphatic carbocycles. The van der Waals surface area contributed by atoms with Crippen LogP contribution in [0.2, 0.25) is 10.0 Å². The molecule has 8 aromatic rings. The summed E-state index contributed by atoms with van der Waals surface area (Å²) in [4.78, 5) is 37.2. The molecule has 78 heavy (non-hydrogen) atoms. The molecule has 4 aromatic heterocycles. The van der Waals surface area contributed by atoms with E-state index in [1.54, 1.807) is 69.5 Å². The predicted octanol–water partition coefficient (Wildman–Crippen LogP) is 9.37. The fourth-order valence-electron chi connectivity index (χ4n) is 7.23. The topological polar surface area (TPSA) is 264 Å². The SMILES string of the molecule is CCC(=O)N(c1ccc(S(=O)(=O)Cc2ccon2)cn1)c1cc(-c2cc(Cl)cc(OC)c2)ccc1OC.CCC(=O)N(c1ccc(S(=O)(=O)Cc2ccon2)cn1)c1cc(Br)ccc1OC.COc1cc(Cl)cc(B(O)O)c1. The second kappa shape index (κ2) is 27.3. The van der Waals surface area contributed by atoms with Crippen LogP contribution in [-0.4, -0.2) is 94.5 Å². The van der Waals surface area contributed by atoms with Gasteiger partial charge in [0.2, 0.25) is 11.8 Å². The minimum atomic E-state index is -3.72. The zero-order chi connectivity index (χ0) is 56.7. The number of nitrogens with zero attached hydrogens (tertiary/aromatic N) is 6. The summed E-state index contributed by atoms with van der Waals surface area (Å²) in [6, 6.07) is 29.3. The van der Waals surface area contributed by atoms with E-state index in [9.17, 15) is 26.4 Å².